The van der Waals surface area contributed by atoms with Gasteiger partial charge in [-0.1, -0.05) is 30.2 Å². The van der Waals surface area contributed by atoms with E-state index in [-0.39, 0.29) is 12.7 Å². The number of pyridine rings is 1. The molecule has 2 fully saturated rings. The first-order chi connectivity index (χ1) is 17.2. The summed E-state index contributed by atoms with van der Waals surface area (Å²) in [6.45, 7) is 2.02. The number of rotatable bonds is 6. The van der Waals surface area contributed by atoms with Crippen LogP contribution in [0.4, 0.5) is 10.8 Å². The van der Waals surface area contributed by atoms with Crippen molar-refractivity contribution in [1.82, 2.24) is 14.4 Å². The van der Waals surface area contributed by atoms with Crippen molar-refractivity contribution < 1.29 is 10.2 Å². The number of hydrogen-bond acceptors (Lipinski definition) is 7. The molecule has 4 heterocycles. The largest absolute Gasteiger partial charge is 0.396 e. The van der Waals surface area contributed by atoms with Gasteiger partial charge in [-0.2, -0.15) is 0 Å². The third-order valence-corrected chi connectivity index (χ3v) is 8.64. The zero-order valence-corrected chi connectivity index (χ0v) is 20.8. The van der Waals surface area contributed by atoms with Crippen molar-refractivity contribution in [2.45, 2.75) is 57.1 Å². The maximum atomic E-state index is 9.79. The number of aliphatic hydroxyl groups is 2. The van der Waals surface area contributed by atoms with Crippen molar-refractivity contribution in [3.05, 3.63) is 54.0 Å². The van der Waals surface area contributed by atoms with Crippen LogP contribution in [0.2, 0.25) is 0 Å². The molecule has 1 saturated heterocycles. The minimum atomic E-state index is -0.166. The number of imidazole rings is 1. The summed E-state index contributed by atoms with van der Waals surface area (Å²) in [5.41, 5.74) is 5.56. The molecule has 4 aromatic rings. The lowest BCUT2D eigenvalue weighted by molar-refractivity contribution is 0.145. The lowest BCUT2D eigenvalue weighted by Crippen LogP contribution is -2.35. The van der Waals surface area contributed by atoms with Crippen LogP contribution >= 0.6 is 11.3 Å². The fourth-order valence-corrected chi connectivity index (χ4v) is 6.59. The molecular formula is C27H33N5O2S. The summed E-state index contributed by atoms with van der Waals surface area (Å²) in [6, 6.07) is 11.1. The highest BCUT2D eigenvalue weighted by Gasteiger charge is 2.25. The summed E-state index contributed by atoms with van der Waals surface area (Å²) in [4.78, 5) is 11.8. The van der Waals surface area contributed by atoms with Gasteiger partial charge in [-0.05, 0) is 49.4 Å². The van der Waals surface area contributed by atoms with Crippen molar-refractivity contribution in [1.29, 1.82) is 0 Å². The van der Waals surface area contributed by atoms with Gasteiger partial charge < -0.3 is 24.8 Å². The Morgan fingerprint density at radius 1 is 1.06 bits per heavy atom. The van der Waals surface area contributed by atoms with E-state index in [4.69, 9.17) is 4.98 Å². The highest BCUT2D eigenvalue weighted by atomic mass is 32.1. The molecule has 1 aliphatic heterocycles. The van der Waals surface area contributed by atoms with Crippen LogP contribution in [-0.2, 0) is 6.42 Å². The third kappa shape index (κ3) is 4.75. The van der Waals surface area contributed by atoms with Gasteiger partial charge in [-0.15, -0.1) is 0 Å². The molecule has 1 saturated carbocycles. The van der Waals surface area contributed by atoms with Crippen LogP contribution in [0.25, 0.3) is 15.9 Å². The van der Waals surface area contributed by atoms with Gasteiger partial charge in [0.25, 0.3) is 0 Å². The van der Waals surface area contributed by atoms with E-state index in [1.807, 2.05) is 6.20 Å². The van der Waals surface area contributed by atoms with E-state index in [9.17, 15) is 10.2 Å². The second kappa shape index (κ2) is 9.76. The molecule has 3 aromatic heterocycles. The number of benzene rings is 1. The van der Waals surface area contributed by atoms with Gasteiger partial charge in [0.15, 0.2) is 5.13 Å². The van der Waals surface area contributed by atoms with Crippen LogP contribution < -0.4 is 10.2 Å². The lowest BCUT2D eigenvalue weighted by atomic mass is 9.85. The molecule has 1 aliphatic carbocycles. The highest BCUT2D eigenvalue weighted by molar-refractivity contribution is 7.22. The summed E-state index contributed by atoms with van der Waals surface area (Å²) in [6.07, 6.45) is 11.0. The Labute approximate surface area is 209 Å². The summed E-state index contributed by atoms with van der Waals surface area (Å²) in [7, 11) is 0. The number of piperidine rings is 1. The smallest absolute Gasteiger partial charge is 0.184 e. The van der Waals surface area contributed by atoms with Gasteiger partial charge in [0.1, 0.15) is 5.65 Å². The van der Waals surface area contributed by atoms with E-state index < -0.39 is 0 Å². The first-order valence-electron chi connectivity index (χ1n) is 12.8. The van der Waals surface area contributed by atoms with Crippen LogP contribution in [0.15, 0.2) is 42.7 Å². The Morgan fingerprint density at radius 2 is 1.91 bits per heavy atom. The number of nitrogens with zero attached hydrogens (tertiary/aromatic N) is 4. The Kier molecular flexibility index (Phi) is 6.35. The molecule has 8 heteroatoms. The quantitative estimate of drug-likeness (QED) is 0.369. The van der Waals surface area contributed by atoms with Crippen LogP contribution in [0, 0.1) is 5.92 Å². The van der Waals surface area contributed by atoms with E-state index in [0.717, 1.165) is 67.2 Å². The molecule has 2 unspecified atom stereocenters. The minimum Gasteiger partial charge on any atom is -0.396 e. The predicted molar refractivity (Wildman–Crippen MR) is 142 cm³/mol. The zero-order valence-electron chi connectivity index (χ0n) is 19.9. The molecule has 0 bridgehead atoms. The molecule has 6 rings (SSSR count). The summed E-state index contributed by atoms with van der Waals surface area (Å²) in [5.74, 6) is 0.323. The third-order valence-electron chi connectivity index (χ3n) is 7.69. The second-order valence-electron chi connectivity index (χ2n) is 10.1. The molecule has 184 valence electrons. The maximum Gasteiger partial charge on any atom is 0.184 e. The average molecular weight is 492 g/mol. The molecule has 35 heavy (non-hydrogen) atoms. The molecule has 3 N–H and O–H groups in total. The summed E-state index contributed by atoms with van der Waals surface area (Å²) < 4.78 is 3.36. The lowest BCUT2D eigenvalue weighted by Gasteiger charge is -2.31. The number of hydrogen-bond donors (Lipinski definition) is 3. The molecule has 7 nitrogen and oxygen atoms in total. The van der Waals surface area contributed by atoms with Crippen LogP contribution in [0.1, 0.15) is 49.8 Å². The Morgan fingerprint density at radius 3 is 2.77 bits per heavy atom. The van der Waals surface area contributed by atoms with E-state index >= 15 is 0 Å². The standard InChI is InChI=1S/C27H33N5O2S/c33-17-19-3-1-2-4-23(19)29-27-30-24-6-5-18(14-25(24)35-27)13-21-16-28-26-15-20(7-12-32(21)26)31-10-8-22(34)9-11-31/h5-7,12,14-16,19,22-23,33-34H,1-4,8-11,13,17H2,(H,29,30). The van der Waals surface area contributed by atoms with Gasteiger partial charge >= 0.3 is 0 Å². The van der Waals surface area contributed by atoms with Gasteiger partial charge in [-0.3, -0.25) is 0 Å². The maximum absolute atomic E-state index is 9.79. The van der Waals surface area contributed by atoms with Crippen LogP contribution in [0.3, 0.4) is 0 Å². The minimum absolute atomic E-state index is 0.166. The van der Waals surface area contributed by atoms with Gasteiger partial charge in [-0.25, -0.2) is 9.97 Å². The number of fused-ring (bicyclic) bond motifs is 2. The average Bonchev–Trinajstić information content (AvgIpc) is 3.47. The van der Waals surface area contributed by atoms with Gasteiger partial charge in [0, 0.05) is 67.9 Å². The van der Waals surface area contributed by atoms with Gasteiger partial charge in [0.2, 0.25) is 0 Å². The SMILES string of the molecule is OCC1CCCCC1Nc1nc2ccc(Cc3cnc4cc(N5CCC(O)CC5)ccn34)cc2s1. The molecule has 2 atom stereocenters. The number of aromatic nitrogens is 3. The monoisotopic (exact) mass is 491 g/mol. The van der Waals surface area contributed by atoms with Crippen molar-refractivity contribution >= 4 is 38.0 Å². The van der Waals surface area contributed by atoms with E-state index in [0.29, 0.717) is 12.0 Å². The van der Waals surface area contributed by atoms with Crippen molar-refractivity contribution in [3.63, 3.8) is 0 Å². The molecule has 1 aromatic carbocycles. The molecule has 2 aliphatic rings. The van der Waals surface area contributed by atoms with Crippen LogP contribution in [-0.4, -0.2) is 56.4 Å². The normalized spacial score (nSPS) is 21.7. The van der Waals surface area contributed by atoms with Gasteiger partial charge in [0.05, 0.1) is 16.3 Å². The number of anilines is 2. The molecule has 0 spiro atoms. The number of aliphatic hydroxyl groups excluding tert-OH is 2. The topological polar surface area (TPSA) is 85.9 Å². The first-order valence-corrected chi connectivity index (χ1v) is 13.6. The van der Waals surface area contributed by atoms with Crippen molar-refractivity contribution in [2.75, 3.05) is 29.9 Å². The summed E-state index contributed by atoms with van der Waals surface area (Å²) >= 11 is 1.70. The fraction of sp³-hybridized carbons (Fsp3) is 0.481. The molecule has 0 radical (unpaired) electrons. The number of thiazole rings is 1. The van der Waals surface area contributed by atoms with Crippen LogP contribution in [0.5, 0.6) is 0 Å². The zero-order chi connectivity index (χ0) is 23.8. The first kappa shape index (κ1) is 22.8. The molecular weight excluding hydrogens is 458 g/mol. The second-order valence-corrected chi connectivity index (χ2v) is 11.1. The Balaban J connectivity index is 1.18. The number of nitrogens with one attached hydrogen (secondary N) is 1. The Hall–Kier alpha value is -2.68. The van der Waals surface area contributed by atoms with Crippen molar-refractivity contribution in [2.24, 2.45) is 5.92 Å². The van der Waals surface area contributed by atoms with E-state index in [1.165, 1.54) is 28.8 Å². The van der Waals surface area contributed by atoms with E-state index in [1.54, 1.807) is 11.3 Å². The predicted octanol–water partition coefficient (Wildman–Crippen LogP) is 4.46. The highest BCUT2D eigenvalue weighted by Crippen LogP contribution is 2.32. The molecule has 0 amide bonds. The Bertz CT molecular complexity index is 1310. The summed E-state index contributed by atoms with van der Waals surface area (Å²) in [5, 5.41) is 24.1. The fourth-order valence-electron chi connectivity index (χ4n) is 5.60. The van der Waals surface area contributed by atoms with E-state index in [2.05, 4.69) is 56.1 Å². The van der Waals surface area contributed by atoms with Crippen molar-refractivity contribution in [3.8, 4) is 0 Å².